The fourth-order valence-electron chi connectivity index (χ4n) is 2.22. The van der Waals surface area contributed by atoms with Gasteiger partial charge in [0.25, 0.3) is 5.56 Å². The van der Waals surface area contributed by atoms with Crippen LogP contribution in [0.25, 0.3) is 0 Å². The monoisotopic (exact) mass is 301 g/mol. The number of anilines is 1. The molecule has 0 fully saturated rings. The Hall–Kier alpha value is -2.30. The zero-order chi connectivity index (χ0) is 16.3. The van der Waals surface area contributed by atoms with Crippen molar-refractivity contribution in [3.8, 4) is 5.75 Å². The Morgan fingerprint density at radius 3 is 2.59 bits per heavy atom. The summed E-state index contributed by atoms with van der Waals surface area (Å²) in [5.41, 5.74) is 2.85. The van der Waals surface area contributed by atoms with Gasteiger partial charge >= 0.3 is 0 Å². The van der Waals surface area contributed by atoms with Crippen molar-refractivity contribution in [2.45, 2.75) is 39.7 Å². The van der Waals surface area contributed by atoms with E-state index in [4.69, 9.17) is 4.74 Å². The van der Waals surface area contributed by atoms with Gasteiger partial charge in [-0.15, -0.1) is 0 Å². The van der Waals surface area contributed by atoms with Crippen LogP contribution in [0.5, 0.6) is 5.75 Å². The van der Waals surface area contributed by atoms with Crippen molar-refractivity contribution in [3.63, 3.8) is 0 Å². The van der Waals surface area contributed by atoms with E-state index in [1.165, 1.54) is 11.6 Å². The molecule has 0 radical (unpaired) electrons. The number of nitrogens with one attached hydrogen (secondary N) is 2. The average molecular weight is 301 g/mol. The molecule has 0 saturated carbocycles. The summed E-state index contributed by atoms with van der Waals surface area (Å²) >= 11 is 0. The van der Waals surface area contributed by atoms with E-state index in [-0.39, 0.29) is 11.0 Å². The van der Waals surface area contributed by atoms with Crippen LogP contribution in [0.1, 0.15) is 37.6 Å². The SMILES string of the molecule is COc1ccc(C(C)(C)C)cc1CNc1nc(C)cc(=O)[nH]1. The van der Waals surface area contributed by atoms with Gasteiger partial charge in [0.05, 0.1) is 7.11 Å². The van der Waals surface area contributed by atoms with E-state index in [9.17, 15) is 4.79 Å². The molecule has 2 rings (SSSR count). The van der Waals surface area contributed by atoms with Gasteiger partial charge in [-0.25, -0.2) is 4.98 Å². The van der Waals surface area contributed by atoms with Crippen LogP contribution in [0.3, 0.4) is 0 Å². The first-order chi connectivity index (χ1) is 10.3. The van der Waals surface area contributed by atoms with Gasteiger partial charge in [0.1, 0.15) is 5.75 Å². The predicted octanol–water partition coefficient (Wildman–Crippen LogP) is 3.00. The normalized spacial score (nSPS) is 11.3. The number of benzene rings is 1. The number of methoxy groups -OCH3 is 1. The lowest BCUT2D eigenvalue weighted by molar-refractivity contribution is 0.409. The van der Waals surface area contributed by atoms with Gasteiger partial charge < -0.3 is 10.1 Å². The molecule has 2 aromatic rings. The van der Waals surface area contributed by atoms with E-state index >= 15 is 0 Å². The molecule has 0 aliphatic carbocycles. The number of aromatic amines is 1. The van der Waals surface area contributed by atoms with E-state index in [1.54, 1.807) is 14.0 Å². The fourth-order valence-corrected chi connectivity index (χ4v) is 2.22. The third-order valence-electron chi connectivity index (χ3n) is 3.46. The van der Waals surface area contributed by atoms with Crippen LogP contribution in [0.2, 0.25) is 0 Å². The van der Waals surface area contributed by atoms with Crippen LogP contribution < -0.4 is 15.6 Å². The van der Waals surface area contributed by atoms with Crippen LogP contribution in [0.15, 0.2) is 29.1 Å². The number of hydrogen-bond acceptors (Lipinski definition) is 4. The van der Waals surface area contributed by atoms with Crippen molar-refractivity contribution in [1.82, 2.24) is 9.97 Å². The van der Waals surface area contributed by atoms with Gasteiger partial charge in [0.2, 0.25) is 5.95 Å². The molecule has 0 aliphatic rings. The van der Waals surface area contributed by atoms with E-state index < -0.39 is 0 Å². The van der Waals surface area contributed by atoms with E-state index in [0.29, 0.717) is 18.2 Å². The highest BCUT2D eigenvalue weighted by Crippen LogP contribution is 2.28. The minimum Gasteiger partial charge on any atom is -0.496 e. The van der Waals surface area contributed by atoms with Crippen molar-refractivity contribution in [3.05, 3.63) is 51.4 Å². The number of hydrogen-bond donors (Lipinski definition) is 2. The van der Waals surface area contributed by atoms with Crippen LogP contribution >= 0.6 is 0 Å². The van der Waals surface area contributed by atoms with Gasteiger partial charge in [-0.05, 0) is 30.0 Å². The number of ether oxygens (including phenoxy) is 1. The summed E-state index contributed by atoms with van der Waals surface area (Å²) in [4.78, 5) is 18.4. The maximum atomic E-state index is 11.5. The Bertz CT molecular complexity index is 715. The molecule has 22 heavy (non-hydrogen) atoms. The van der Waals surface area contributed by atoms with E-state index in [2.05, 4.69) is 48.2 Å². The smallest absolute Gasteiger partial charge is 0.252 e. The summed E-state index contributed by atoms with van der Waals surface area (Å²) in [5.74, 6) is 1.28. The van der Waals surface area contributed by atoms with Crippen molar-refractivity contribution < 1.29 is 4.74 Å². The highest BCUT2D eigenvalue weighted by Gasteiger charge is 2.16. The zero-order valence-electron chi connectivity index (χ0n) is 13.8. The third-order valence-corrected chi connectivity index (χ3v) is 3.46. The fraction of sp³-hybridized carbons (Fsp3) is 0.412. The number of rotatable bonds is 4. The minimum atomic E-state index is -0.162. The predicted molar refractivity (Wildman–Crippen MR) is 88.6 cm³/mol. The number of aromatic nitrogens is 2. The van der Waals surface area contributed by atoms with Crippen molar-refractivity contribution in [2.75, 3.05) is 12.4 Å². The molecule has 118 valence electrons. The maximum absolute atomic E-state index is 11.5. The molecule has 1 aromatic carbocycles. The molecular weight excluding hydrogens is 278 g/mol. The van der Waals surface area contributed by atoms with Crippen LogP contribution in [-0.2, 0) is 12.0 Å². The number of aryl methyl sites for hydroxylation is 1. The molecule has 1 aromatic heterocycles. The quantitative estimate of drug-likeness (QED) is 0.911. The molecule has 5 heteroatoms. The van der Waals surface area contributed by atoms with Gasteiger partial charge in [-0.2, -0.15) is 0 Å². The Morgan fingerprint density at radius 2 is 2.00 bits per heavy atom. The van der Waals surface area contributed by atoms with Crippen LogP contribution in [0.4, 0.5) is 5.95 Å². The molecule has 0 spiro atoms. The number of H-pyrrole nitrogens is 1. The lowest BCUT2D eigenvalue weighted by Gasteiger charge is -2.21. The molecule has 0 amide bonds. The van der Waals surface area contributed by atoms with E-state index in [1.807, 2.05) is 6.07 Å². The molecule has 0 unspecified atom stereocenters. The summed E-state index contributed by atoms with van der Waals surface area (Å²) in [5, 5.41) is 3.15. The molecule has 2 N–H and O–H groups in total. The Labute approximate surface area is 130 Å². The minimum absolute atomic E-state index is 0.0664. The summed E-state index contributed by atoms with van der Waals surface area (Å²) in [6.07, 6.45) is 0. The molecule has 0 aliphatic heterocycles. The maximum Gasteiger partial charge on any atom is 0.252 e. The third kappa shape index (κ3) is 3.87. The summed E-state index contributed by atoms with van der Waals surface area (Å²) in [6, 6.07) is 7.64. The zero-order valence-corrected chi connectivity index (χ0v) is 13.8. The van der Waals surface area contributed by atoms with Gasteiger partial charge in [-0.3, -0.25) is 9.78 Å². The second-order valence-corrected chi connectivity index (χ2v) is 6.37. The highest BCUT2D eigenvalue weighted by atomic mass is 16.5. The lowest BCUT2D eigenvalue weighted by atomic mass is 9.86. The molecule has 0 saturated heterocycles. The Morgan fingerprint density at radius 1 is 1.27 bits per heavy atom. The summed E-state index contributed by atoms with van der Waals surface area (Å²) in [7, 11) is 1.66. The molecule has 5 nitrogen and oxygen atoms in total. The largest absolute Gasteiger partial charge is 0.496 e. The summed E-state index contributed by atoms with van der Waals surface area (Å²) in [6.45, 7) is 8.84. The molecule has 1 heterocycles. The summed E-state index contributed by atoms with van der Waals surface area (Å²) < 4.78 is 5.42. The average Bonchev–Trinajstić information content (AvgIpc) is 2.42. The second-order valence-electron chi connectivity index (χ2n) is 6.37. The number of nitrogens with zero attached hydrogens (tertiary/aromatic N) is 1. The first-order valence-corrected chi connectivity index (χ1v) is 7.29. The van der Waals surface area contributed by atoms with Gasteiger partial charge in [-0.1, -0.05) is 26.8 Å². The first-order valence-electron chi connectivity index (χ1n) is 7.29. The first kappa shape index (κ1) is 16.1. The van der Waals surface area contributed by atoms with Crippen LogP contribution in [-0.4, -0.2) is 17.1 Å². The van der Waals surface area contributed by atoms with Crippen LogP contribution in [0, 0.1) is 6.92 Å². The van der Waals surface area contributed by atoms with Crippen molar-refractivity contribution >= 4 is 5.95 Å². The molecular formula is C17H23N3O2. The van der Waals surface area contributed by atoms with Crippen molar-refractivity contribution in [1.29, 1.82) is 0 Å². The topological polar surface area (TPSA) is 67.0 Å². The lowest BCUT2D eigenvalue weighted by Crippen LogP contribution is -2.15. The molecule has 0 atom stereocenters. The Balaban J connectivity index is 2.26. The standard InChI is InChI=1S/C17H23N3O2/c1-11-8-15(21)20-16(19-11)18-10-12-9-13(17(2,3)4)6-7-14(12)22-5/h6-9H,10H2,1-5H3,(H2,18,19,20,21). The molecule has 0 bridgehead atoms. The Kier molecular flexibility index (Phi) is 4.54. The van der Waals surface area contributed by atoms with Crippen molar-refractivity contribution in [2.24, 2.45) is 0 Å². The van der Waals surface area contributed by atoms with E-state index in [0.717, 1.165) is 11.3 Å². The van der Waals surface area contributed by atoms with Gasteiger partial charge in [0.15, 0.2) is 0 Å². The van der Waals surface area contributed by atoms with Gasteiger partial charge in [0, 0.05) is 23.9 Å². The second kappa shape index (κ2) is 6.22. The highest BCUT2D eigenvalue weighted by molar-refractivity contribution is 5.41.